The Kier molecular flexibility index (Phi) is 6.27. The lowest BCUT2D eigenvalue weighted by molar-refractivity contribution is 0.0752. The van der Waals surface area contributed by atoms with Gasteiger partial charge in [0.05, 0.1) is 6.61 Å². The standard InChI is InChI=1S/C20H29N3O3/c1-15(14-26-2)21-19(24)16-6-7-18-17(12-16)13-23(20(18)25)11-10-22-8-4-3-5-9-22/h6-7,12,15H,3-5,8-11,13-14H2,1-2H3,(H,21,24)/t15-/m0/s1. The Bertz CT molecular complexity index is 656. The van der Waals surface area contributed by atoms with Crippen molar-refractivity contribution in [2.24, 2.45) is 0 Å². The molecule has 2 aliphatic rings. The van der Waals surface area contributed by atoms with Crippen LogP contribution in [0, 0.1) is 0 Å². The van der Waals surface area contributed by atoms with E-state index < -0.39 is 0 Å². The first-order valence-corrected chi connectivity index (χ1v) is 9.53. The van der Waals surface area contributed by atoms with Crippen molar-refractivity contribution in [2.75, 3.05) is 39.9 Å². The Balaban J connectivity index is 1.59. The summed E-state index contributed by atoms with van der Waals surface area (Å²) in [6, 6.07) is 5.32. The van der Waals surface area contributed by atoms with Gasteiger partial charge in [-0.05, 0) is 56.6 Å². The summed E-state index contributed by atoms with van der Waals surface area (Å²) in [6.45, 7) is 6.93. The van der Waals surface area contributed by atoms with Crippen LogP contribution in [0.15, 0.2) is 18.2 Å². The molecule has 26 heavy (non-hydrogen) atoms. The topological polar surface area (TPSA) is 61.9 Å². The molecule has 0 radical (unpaired) electrons. The summed E-state index contributed by atoms with van der Waals surface area (Å²) in [7, 11) is 1.61. The lowest BCUT2D eigenvalue weighted by atomic mass is 10.1. The van der Waals surface area contributed by atoms with Crippen LogP contribution in [0.25, 0.3) is 0 Å². The van der Waals surface area contributed by atoms with Crippen molar-refractivity contribution in [1.29, 1.82) is 0 Å². The number of likely N-dealkylation sites (tertiary alicyclic amines) is 1. The number of benzene rings is 1. The van der Waals surface area contributed by atoms with E-state index in [0.29, 0.717) is 18.7 Å². The van der Waals surface area contributed by atoms with Crippen LogP contribution in [0.3, 0.4) is 0 Å². The number of carbonyl (C=O) groups is 2. The molecular formula is C20H29N3O3. The number of rotatable bonds is 7. The molecule has 6 nitrogen and oxygen atoms in total. The van der Waals surface area contributed by atoms with Crippen LogP contribution < -0.4 is 5.32 Å². The number of fused-ring (bicyclic) bond motifs is 1. The molecule has 142 valence electrons. The molecule has 0 spiro atoms. The number of hydrogen-bond donors (Lipinski definition) is 1. The third-order valence-corrected chi connectivity index (χ3v) is 5.18. The first kappa shape index (κ1) is 18.9. The second-order valence-electron chi connectivity index (χ2n) is 7.33. The first-order chi connectivity index (χ1) is 12.6. The second kappa shape index (κ2) is 8.64. The van der Waals surface area contributed by atoms with Crippen molar-refractivity contribution in [3.05, 3.63) is 34.9 Å². The van der Waals surface area contributed by atoms with Crippen molar-refractivity contribution >= 4 is 11.8 Å². The van der Waals surface area contributed by atoms with E-state index in [4.69, 9.17) is 4.74 Å². The van der Waals surface area contributed by atoms with Gasteiger partial charge in [0.15, 0.2) is 0 Å². The van der Waals surface area contributed by atoms with Gasteiger partial charge >= 0.3 is 0 Å². The van der Waals surface area contributed by atoms with Gasteiger partial charge in [0, 0.05) is 43.9 Å². The fraction of sp³-hybridized carbons (Fsp3) is 0.600. The van der Waals surface area contributed by atoms with E-state index in [9.17, 15) is 9.59 Å². The summed E-state index contributed by atoms with van der Waals surface area (Å²) in [4.78, 5) is 29.3. The third kappa shape index (κ3) is 4.43. The molecule has 0 bridgehead atoms. The molecule has 1 fully saturated rings. The summed E-state index contributed by atoms with van der Waals surface area (Å²) in [5, 5.41) is 2.91. The fourth-order valence-corrected chi connectivity index (χ4v) is 3.75. The van der Waals surface area contributed by atoms with Crippen LogP contribution in [0.4, 0.5) is 0 Å². The maximum atomic E-state index is 12.6. The van der Waals surface area contributed by atoms with E-state index in [1.807, 2.05) is 17.9 Å². The highest BCUT2D eigenvalue weighted by atomic mass is 16.5. The zero-order valence-corrected chi connectivity index (χ0v) is 15.8. The van der Waals surface area contributed by atoms with Crippen LogP contribution in [0.5, 0.6) is 0 Å². The number of hydrogen-bond acceptors (Lipinski definition) is 4. The molecule has 0 saturated carbocycles. The fourth-order valence-electron chi connectivity index (χ4n) is 3.75. The predicted molar refractivity (Wildman–Crippen MR) is 100 cm³/mol. The lowest BCUT2D eigenvalue weighted by Crippen LogP contribution is -2.38. The monoisotopic (exact) mass is 359 g/mol. The highest BCUT2D eigenvalue weighted by Gasteiger charge is 2.28. The molecule has 0 aliphatic carbocycles. The van der Waals surface area contributed by atoms with Gasteiger partial charge in [-0.25, -0.2) is 0 Å². The maximum Gasteiger partial charge on any atom is 0.254 e. The minimum absolute atomic E-state index is 0.0524. The van der Waals surface area contributed by atoms with Gasteiger partial charge in [-0.1, -0.05) is 6.42 Å². The van der Waals surface area contributed by atoms with Gasteiger partial charge < -0.3 is 19.9 Å². The Hall–Kier alpha value is -1.92. The van der Waals surface area contributed by atoms with Crippen LogP contribution >= 0.6 is 0 Å². The van der Waals surface area contributed by atoms with Crippen molar-refractivity contribution in [1.82, 2.24) is 15.1 Å². The normalized spacial score (nSPS) is 18.7. The molecule has 1 atom stereocenters. The van der Waals surface area contributed by atoms with Gasteiger partial charge in [-0.3, -0.25) is 9.59 Å². The van der Waals surface area contributed by atoms with Crippen LogP contribution in [0.2, 0.25) is 0 Å². The number of carbonyl (C=O) groups excluding carboxylic acids is 2. The molecule has 1 aromatic carbocycles. The molecule has 2 amide bonds. The van der Waals surface area contributed by atoms with Crippen molar-refractivity contribution in [3.8, 4) is 0 Å². The number of methoxy groups -OCH3 is 1. The predicted octanol–water partition coefficient (Wildman–Crippen LogP) is 1.89. The Labute approximate surface area is 155 Å². The highest BCUT2D eigenvalue weighted by molar-refractivity contribution is 6.01. The van der Waals surface area contributed by atoms with Crippen LogP contribution in [-0.4, -0.2) is 67.6 Å². The zero-order valence-electron chi connectivity index (χ0n) is 15.8. The number of amides is 2. The Morgan fingerprint density at radius 1 is 1.23 bits per heavy atom. The smallest absolute Gasteiger partial charge is 0.254 e. The van der Waals surface area contributed by atoms with Crippen molar-refractivity contribution in [2.45, 2.75) is 38.8 Å². The SMILES string of the molecule is COC[C@H](C)NC(=O)c1ccc2c(c1)CN(CCN1CCCCC1)C2=O. The molecule has 0 aromatic heterocycles. The average molecular weight is 359 g/mol. The quantitative estimate of drug-likeness (QED) is 0.808. The van der Waals surface area contributed by atoms with Crippen molar-refractivity contribution in [3.63, 3.8) is 0 Å². The van der Waals surface area contributed by atoms with Gasteiger partial charge in [0.25, 0.3) is 11.8 Å². The summed E-state index contributed by atoms with van der Waals surface area (Å²) in [5.41, 5.74) is 2.27. The minimum atomic E-state index is -0.128. The maximum absolute atomic E-state index is 12.6. The Morgan fingerprint density at radius 2 is 2.00 bits per heavy atom. The van der Waals surface area contributed by atoms with E-state index in [1.54, 1.807) is 19.2 Å². The average Bonchev–Trinajstić information content (AvgIpc) is 2.96. The number of nitrogens with one attached hydrogen (secondary N) is 1. The van der Waals surface area contributed by atoms with E-state index in [-0.39, 0.29) is 17.9 Å². The van der Waals surface area contributed by atoms with Gasteiger partial charge in [0.2, 0.25) is 0 Å². The number of piperidine rings is 1. The number of nitrogens with zero attached hydrogens (tertiary/aromatic N) is 2. The van der Waals surface area contributed by atoms with Crippen LogP contribution in [0.1, 0.15) is 52.5 Å². The van der Waals surface area contributed by atoms with Gasteiger partial charge in [-0.2, -0.15) is 0 Å². The first-order valence-electron chi connectivity index (χ1n) is 9.53. The van der Waals surface area contributed by atoms with Crippen LogP contribution in [-0.2, 0) is 11.3 Å². The molecule has 3 rings (SSSR count). The van der Waals surface area contributed by atoms with E-state index in [1.165, 1.54) is 19.3 Å². The molecule has 1 saturated heterocycles. The van der Waals surface area contributed by atoms with E-state index in [2.05, 4.69) is 10.2 Å². The summed E-state index contributed by atoms with van der Waals surface area (Å²) < 4.78 is 5.05. The minimum Gasteiger partial charge on any atom is -0.383 e. The molecule has 0 unspecified atom stereocenters. The zero-order chi connectivity index (χ0) is 18.5. The molecule has 6 heteroatoms. The summed E-state index contributed by atoms with van der Waals surface area (Å²) >= 11 is 0. The third-order valence-electron chi connectivity index (χ3n) is 5.18. The summed E-state index contributed by atoms with van der Waals surface area (Å²) in [5.74, 6) is -0.0479. The van der Waals surface area contributed by atoms with Gasteiger partial charge in [-0.15, -0.1) is 0 Å². The Morgan fingerprint density at radius 3 is 2.73 bits per heavy atom. The second-order valence-corrected chi connectivity index (χ2v) is 7.33. The molecule has 2 aliphatic heterocycles. The molecule has 2 heterocycles. The molecule has 1 aromatic rings. The van der Waals surface area contributed by atoms with Gasteiger partial charge in [0.1, 0.15) is 0 Å². The summed E-state index contributed by atoms with van der Waals surface area (Å²) in [6.07, 6.45) is 3.83. The van der Waals surface area contributed by atoms with E-state index >= 15 is 0 Å². The van der Waals surface area contributed by atoms with E-state index in [0.717, 1.165) is 37.3 Å². The lowest BCUT2D eigenvalue weighted by Gasteiger charge is -2.28. The number of ether oxygens (including phenoxy) is 1. The molecular weight excluding hydrogens is 330 g/mol. The largest absolute Gasteiger partial charge is 0.383 e. The molecule has 1 N–H and O–H groups in total. The highest BCUT2D eigenvalue weighted by Crippen LogP contribution is 2.24. The van der Waals surface area contributed by atoms with Crippen molar-refractivity contribution < 1.29 is 14.3 Å².